The first-order valence-corrected chi connectivity index (χ1v) is 18.7. The Morgan fingerprint density at radius 3 is 1.65 bits per heavy atom. The largest absolute Gasteiger partial charge is 0.494 e. The Bertz CT molecular complexity index is 1220. The molecule has 1 rings (SSSR count). The number of rotatable bonds is 35. The number of amides is 4. The summed E-state index contributed by atoms with van der Waals surface area (Å²) in [5, 5.41) is 28.9. The summed E-state index contributed by atoms with van der Waals surface area (Å²) in [5.74, 6) is -2.73. The van der Waals surface area contributed by atoms with Crippen molar-refractivity contribution in [1.82, 2.24) is 21.3 Å². The van der Waals surface area contributed by atoms with Gasteiger partial charge < -0.3 is 55.2 Å². The van der Waals surface area contributed by atoms with Crippen LogP contribution in [0.3, 0.4) is 0 Å². The molecule has 1 aromatic rings. The van der Waals surface area contributed by atoms with Crippen LogP contribution in [0.5, 0.6) is 5.75 Å². The summed E-state index contributed by atoms with van der Waals surface area (Å²) in [6.45, 7) is 4.92. The number of carboxylic acid groups (broad SMARTS) is 2. The molecule has 17 heteroatoms. The number of hydrogen-bond acceptors (Lipinski definition) is 11. The number of nitrogens with one attached hydrogen (secondary N) is 4. The van der Waals surface area contributed by atoms with E-state index in [0.29, 0.717) is 38.5 Å². The van der Waals surface area contributed by atoms with Gasteiger partial charge in [-0.1, -0.05) is 39.0 Å². The highest BCUT2D eigenvalue weighted by atomic mass is 16.5. The van der Waals surface area contributed by atoms with E-state index in [9.17, 15) is 33.9 Å². The zero-order valence-corrected chi connectivity index (χ0v) is 31.5. The molecule has 0 unspecified atom stereocenters. The van der Waals surface area contributed by atoms with Gasteiger partial charge in [0.1, 0.15) is 25.0 Å². The van der Waals surface area contributed by atoms with Crippen LogP contribution in [0.4, 0.5) is 0 Å². The summed E-state index contributed by atoms with van der Waals surface area (Å²) in [4.78, 5) is 70.1. The van der Waals surface area contributed by atoms with E-state index in [0.717, 1.165) is 44.9 Å². The lowest BCUT2D eigenvalue weighted by molar-refractivity contribution is -0.142. The third kappa shape index (κ3) is 27.3. The molecule has 6 N–H and O–H groups in total. The van der Waals surface area contributed by atoms with Crippen molar-refractivity contribution in [2.75, 3.05) is 79.1 Å². The van der Waals surface area contributed by atoms with Crippen molar-refractivity contribution < 1.29 is 62.7 Å². The van der Waals surface area contributed by atoms with Crippen LogP contribution in [-0.2, 0) is 42.9 Å². The first-order valence-electron chi connectivity index (χ1n) is 18.7. The zero-order valence-electron chi connectivity index (χ0n) is 31.5. The van der Waals surface area contributed by atoms with E-state index in [1.165, 1.54) is 12.1 Å². The normalized spacial score (nSPS) is 11.4. The first kappa shape index (κ1) is 47.7. The summed E-state index contributed by atoms with van der Waals surface area (Å²) < 4.78 is 26.8. The molecule has 17 nitrogen and oxygen atoms in total. The second-order valence-corrected chi connectivity index (χ2v) is 12.3. The minimum absolute atomic E-state index is 0.0176. The highest BCUT2D eigenvalue weighted by Crippen LogP contribution is 2.14. The predicted octanol–water partition coefficient (Wildman–Crippen LogP) is 2.06. The van der Waals surface area contributed by atoms with Gasteiger partial charge in [0, 0.05) is 32.5 Å². The molecule has 0 saturated heterocycles. The van der Waals surface area contributed by atoms with Crippen LogP contribution in [-0.4, -0.2) is 131 Å². The molecular formula is C37H60N4O13. The number of carbonyl (C=O) groups excluding carboxylic acids is 4. The van der Waals surface area contributed by atoms with Gasteiger partial charge in [0.25, 0.3) is 0 Å². The maximum absolute atomic E-state index is 12.3. The average Bonchev–Trinajstić information content (AvgIpc) is 3.15. The molecule has 0 heterocycles. The lowest BCUT2D eigenvalue weighted by atomic mass is 10.1. The van der Waals surface area contributed by atoms with E-state index in [4.69, 9.17) is 28.8 Å². The smallest absolute Gasteiger partial charge is 0.335 e. The Labute approximate surface area is 317 Å². The van der Waals surface area contributed by atoms with Crippen molar-refractivity contribution in [3.05, 3.63) is 29.8 Å². The number of unbranched alkanes of at least 4 members (excludes halogenated alkanes) is 6. The lowest BCUT2D eigenvalue weighted by Gasteiger charge is -2.14. The molecule has 306 valence electrons. The molecule has 0 spiro atoms. The summed E-state index contributed by atoms with van der Waals surface area (Å²) >= 11 is 0. The van der Waals surface area contributed by atoms with Crippen molar-refractivity contribution in [3.8, 4) is 5.75 Å². The quantitative estimate of drug-likeness (QED) is 0.0543. The topological polar surface area (TPSA) is 237 Å². The number of carboxylic acids is 2. The van der Waals surface area contributed by atoms with Gasteiger partial charge in [-0.05, 0) is 49.9 Å². The third-order valence-electron chi connectivity index (χ3n) is 7.63. The molecule has 0 aromatic heterocycles. The summed E-state index contributed by atoms with van der Waals surface area (Å²) in [5.41, 5.74) is 0.217. The van der Waals surface area contributed by atoms with Crippen LogP contribution in [0.15, 0.2) is 24.3 Å². The highest BCUT2D eigenvalue weighted by Gasteiger charge is 2.20. The zero-order chi connectivity index (χ0) is 39.7. The number of aromatic carboxylic acids is 1. The summed E-state index contributed by atoms with van der Waals surface area (Å²) in [6, 6.07) is 5.14. The molecule has 1 atom stereocenters. The first-order chi connectivity index (χ1) is 26.1. The number of benzene rings is 1. The number of carbonyl (C=O) groups is 6. The minimum Gasteiger partial charge on any atom is -0.494 e. The molecular weight excluding hydrogens is 708 g/mol. The highest BCUT2D eigenvalue weighted by molar-refractivity contribution is 5.87. The molecule has 0 aliphatic heterocycles. The van der Waals surface area contributed by atoms with E-state index in [2.05, 4.69) is 21.3 Å². The fraction of sp³-hybridized carbons (Fsp3) is 0.676. The van der Waals surface area contributed by atoms with Crippen LogP contribution < -0.4 is 26.0 Å². The average molecular weight is 769 g/mol. The number of hydrogen-bond donors (Lipinski definition) is 6. The fourth-order valence-electron chi connectivity index (χ4n) is 4.70. The summed E-state index contributed by atoms with van der Waals surface area (Å²) in [6.07, 6.45) is 7.32. The van der Waals surface area contributed by atoms with E-state index >= 15 is 0 Å². The van der Waals surface area contributed by atoms with Crippen LogP contribution in [0, 0.1) is 0 Å². The molecule has 4 amide bonds. The SMILES string of the molecule is CCCNC(=O)COCCOCCNC(=O)COCCOCCNC(=O)CC[C@H](NC(=O)CCCCCCCCCOc1ccc(C(=O)O)cc1)C(=O)O. The summed E-state index contributed by atoms with van der Waals surface area (Å²) in [7, 11) is 0. The molecule has 0 saturated carbocycles. The van der Waals surface area contributed by atoms with Crippen LogP contribution in [0.2, 0.25) is 0 Å². The maximum atomic E-state index is 12.3. The van der Waals surface area contributed by atoms with E-state index in [-0.39, 0.29) is 101 Å². The van der Waals surface area contributed by atoms with Crippen molar-refractivity contribution in [1.29, 1.82) is 0 Å². The standard InChI is InChI=1S/C37H60N4O13/c1-2-17-38-34(44)27-52-25-24-51-22-19-40-35(45)28-53-26-23-50-21-18-39-32(42)16-15-31(37(48)49)41-33(43)10-8-6-4-3-5-7-9-20-54-30-13-11-29(12-14-30)36(46)47/h11-14,31H,2-10,15-28H2,1H3,(H,38,44)(H,39,42)(H,40,45)(H,41,43)(H,46,47)(H,48,49)/t31-/m0/s1. The van der Waals surface area contributed by atoms with Gasteiger partial charge in [-0.2, -0.15) is 0 Å². The lowest BCUT2D eigenvalue weighted by Crippen LogP contribution is -2.41. The fourth-order valence-corrected chi connectivity index (χ4v) is 4.70. The Balaban J connectivity index is 1.95. The van der Waals surface area contributed by atoms with Crippen LogP contribution >= 0.6 is 0 Å². The third-order valence-corrected chi connectivity index (χ3v) is 7.63. The minimum atomic E-state index is -1.20. The molecule has 0 bridgehead atoms. The van der Waals surface area contributed by atoms with Gasteiger partial charge in [0.15, 0.2) is 0 Å². The Hall–Kier alpha value is -4.32. The van der Waals surface area contributed by atoms with Gasteiger partial charge in [-0.15, -0.1) is 0 Å². The number of aliphatic carboxylic acids is 1. The molecule has 54 heavy (non-hydrogen) atoms. The van der Waals surface area contributed by atoms with E-state index < -0.39 is 18.0 Å². The van der Waals surface area contributed by atoms with Crippen molar-refractivity contribution >= 4 is 35.6 Å². The molecule has 1 aromatic carbocycles. The van der Waals surface area contributed by atoms with Crippen LogP contribution in [0.25, 0.3) is 0 Å². The van der Waals surface area contributed by atoms with Gasteiger partial charge in [-0.3, -0.25) is 19.2 Å². The maximum Gasteiger partial charge on any atom is 0.335 e. The Morgan fingerprint density at radius 1 is 0.574 bits per heavy atom. The Kier molecular flexibility index (Phi) is 28.4. The van der Waals surface area contributed by atoms with Gasteiger partial charge in [0.05, 0.1) is 51.8 Å². The predicted molar refractivity (Wildman–Crippen MR) is 197 cm³/mol. The van der Waals surface area contributed by atoms with Gasteiger partial charge in [-0.25, -0.2) is 9.59 Å². The van der Waals surface area contributed by atoms with Crippen LogP contribution in [0.1, 0.15) is 87.9 Å². The van der Waals surface area contributed by atoms with Crippen molar-refractivity contribution in [3.63, 3.8) is 0 Å². The Morgan fingerprint density at radius 2 is 1.09 bits per heavy atom. The second kappa shape index (κ2) is 32.1. The van der Waals surface area contributed by atoms with E-state index in [1.54, 1.807) is 12.1 Å². The molecule has 0 aliphatic carbocycles. The number of ether oxygens (including phenoxy) is 5. The van der Waals surface area contributed by atoms with E-state index in [1.807, 2.05) is 6.92 Å². The monoisotopic (exact) mass is 768 g/mol. The molecule has 0 radical (unpaired) electrons. The van der Waals surface area contributed by atoms with Crippen molar-refractivity contribution in [2.24, 2.45) is 0 Å². The van der Waals surface area contributed by atoms with Gasteiger partial charge in [0.2, 0.25) is 23.6 Å². The van der Waals surface area contributed by atoms with Crippen molar-refractivity contribution in [2.45, 2.75) is 83.6 Å². The van der Waals surface area contributed by atoms with Gasteiger partial charge >= 0.3 is 11.9 Å². The molecule has 0 fully saturated rings. The molecule has 0 aliphatic rings. The second-order valence-electron chi connectivity index (χ2n) is 12.3.